The number of methoxy groups -OCH3 is 1. The lowest BCUT2D eigenvalue weighted by molar-refractivity contribution is -0.124. The summed E-state index contributed by atoms with van der Waals surface area (Å²) in [5.74, 6) is 0.746. The molecule has 0 aliphatic carbocycles. The number of carbonyl (C=O) groups excluding carboxylic acids is 1. The van der Waals surface area contributed by atoms with Crippen molar-refractivity contribution in [3.8, 4) is 22.7 Å². The summed E-state index contributed by atoms with van der Waals surface area (Å²) < 4.78 is 9.27. The molecule has 4 rings (SSSR count). The van der Waals surface area contributed by atoms with Gasteiger partial charge in [0, 0.05) is 26.4 Å². The number of aryl methyl sites for hydroxylation is 1. The van der Waals surface area contributed by atoms with E-state index in [2.05, 4.69) is 40.3 Å². The van der Waals surface area contributed by atoms with Gasteiger partial charge in [0.2, 0.25) is 5.91 Å². The van der Waals surface area contributed by atoms with E-state index in [0.29, 0.717) is 11.2 Å². The Hall–Kier alpha value is -2.94. The van der Waals surface area contributed by atoms with Gasteiger partial charge in [0.05, 0.1) is 31.0 Å². The molecule has 1 N–H and O–H groups in total. The number of carbonyl (C=O) groups is 1. The van der Waals surface area contributed by atoms with Crippen LogP contribution in [0, 0.1) is 6.92 Å². The van der Waals surface area contributed by atoms with Crippen molar-refractivity contribution in [2.24, 2.45) is 0 Å². The standard InChI is InChI=1S/C22H30N6O2Si/c1-15-12-27(14-24-15)19-7-6-16(10-21(19)30-2)18-13-28(26-25-18)20-11-17(31(3,4)5)8-9-23-22(20)29/h6-7,10,12-14,17,20H,8-9,11H2,1-5H3,(H,23,29). The summed E-state index contributed by atoms with van der Waals surface area (Å²) in [5, 5.41) is 11.8. The van der Waals surface area contributed by atoms with Crippen molar-refractivity contribution in [3.63, 3.8) is 0 Å². The Morgan fingerprint density at radius 3 is 2.71 bits per heavy atom. The van der Waals surface area contributed by atoms with E-state index in [4.69, 9.17) is 4.74 Å². The second-order valence-electron chi connectivity index (χ2n) is 9.29. The second kappa shape index (κ2) is 8.30. The average molecular weight is 439 g/mol. The molecule has 0 saturated carbocycles. The molecule has 3 heterocycles. The number of ether oxygens (including phenoxy) is 1. The third-order valence-electron chi connectivity index (χ3n) is 6.12. The van der Waals surface area contributed by atoms with Gasteiger partial charge in [-0.05, 0) is 37.4 Å². The molecule has 1 aliphatic heterocycles. The van der Waals surface area contributed by atoms with Gasteiger partial charge >= 0.3 is 0 Å². The van der Waals surface area contributed by atoms with Crippen molar-refractivity contribution >= 4 is 14.0 Å². The fourth-order valence-electron chi connectivity index (χ4n) is 4.16. The van der Waals surface area contributed by atoms with Gasteiger partial charge in [-0.3, -0.25) is 4.79 Å². The third-order valence-corrected chi connectivity index (χ3v) is 9.10. The number of hydrogen-bond acceptors (Lipinski definition) is 5. The lowest BCUT2D eigenvalue weighted by Crippen LogP contribution is -2.32. The summed E-state index contributed by atoms with van der Waals surface area (Å²) in [6.45, 7) is 9.79. The Bertz CT molecular complexity index is 1080. The van der Waals surface area contributed by atoms with Crippen LogP contribution in [0.2, 0.25) is 25.2 Å². The molecule has 31 heavy (non-hydrogen) atoms. The summed E-state index contributed by atoms with van der Waals surface area (Å²) in [6, 6.07) is 5.58. The summed E-state index contributed by atoms with van der Waals surface area (Å²) in [7, 11) is 0.271. The zero-order chi connectivity index (χ0) is 22.2. The minimum atomic E-state index is -1.38. The maximum atomic E-state index is 12.7. The Morgan fingerprint density at radius 1 is 1.23 bits per heavy atom. The van der Waals surface area contributed by atoms with Crippen LogP contribution >= 0.6 is 0 Å². The molecule has 2 aromatic heterocycles. The van der Waals surface area contributed by atoms with Gasteiger partial charge in [0.25, 0.3) is 0 Å². The van der Waals surface area contributed by atoms with Crippen molar-refractivity contribution in [1.29, 1.82) is 0 Å². The highest BCUT2D eigenvalue weighted by atomic mass is 28.3. The van der Waals surface area contributed by atoms with Crippen LogP contribution < -0.4 is 10.1 Å². The Kier molecular flexibility index (Phi) is 5.70. The van der Waals surface area contributed by atoms with E-state index in [1.807, 2.05) is 42.1 Å². The van der Waals surface area contributed by atoms with Crippen molar-refractivity contribution in [2.75, 3.05) is 13.7 Å². The van der Waals surface area contributed by atoms with E-state index in [0.717, 1.165) is 42.1 Å². The zero-order valence-corrected chi connectivity index (χ0v) is 19.8. The second-order valence-corrected chi connectivity index (χ2v) is 14.8. The van der Waals surface area contributed by atoms with Gasteiger partial charge in [0.1, 0.15) is 17.5 Å². The number of aromatic nitrogens is 5. The van der Waals surface area contributed by atoms with Crippen molar-refractivity contribution < 1.29 is 9.53 Å². The predicted molar refractivity (Wildman–Crippen MR) is 122 cm³/mol. The lowest BCUT2D eigenvalue weighted by atomic mass is 10.1. The highest BCUT2D eigenvalue weighted by Crippen LogP contribution is 2.36. The van der Waals surface area contributed by atoms with Crippen molar-refractivity contribution in [1.82, 2.24) is 29.9 Å². The van der Waals surface area contributed by atoms with Gasteiger partial charge < -0.3 is 14.6 Å². The van der Waals surface area contributed by atoms with E-state index in [1.54, 1.807) is 18.1 Å². The number of nitrogens with zero attached hydrogens (tertiary/aromatic N) is 5. The van der Waals surface area contributed by atoms with Gasteiger partial charge in [-0.15, -0.1) is 5.10 Å². The highest BCUT2D eigenvalue weighted by molar-refractivity contribution is 6.77. The van der Waals surface area contributed by atoms with Gasteiger partial charge in [-0.25, -0.2) is 9.67 Å². The molecule has 1 fully saturated rings. The first-order valence-corrected chi connectivity index (χ1v) is 14.2. The van der Waals surface area contributed by atoms with Gasteiger partial charge in [0.15, 0.2) is 0 Å². The molecule has 2 unspecified atom stereocenters. The molecule has 9 heteroatoms. The van der Waals surface area contributed by atoms with Crippen LogP contribution in [0.25, 0.3) is 16.9 Å². The Balaban J connectivity index is 1.63. The Morgan fingerprint density at radius 2 is 2.03 bits per heavy atom. The summed E-state index contributed by atoms with van der Waals surface area (Å²) in [5.41, 5.74) is 4.00. The maximum Gasteiger partial charge on any atom is 0.244 e. The molecule has 3 aromatic rings. The SMILES string of the molecule is COc1cc(-c2cn(C3CC([Si](C)(C)C)CCNC3=O)nn2)ccc1-n1cnc(C)c1. The number of hydrogen-bond donors (Lipinski definition) is 1. The van der Waals surface area contributed by atoms with Crippen molar-refractivity contribution in [2.45, 2.75) is 51.0 Å². The predicted octanol–water partition coefficient (Wildman–Crippen LogP) is 3.61. The lowest BCUT2D eigenvalue weighted by Gasteiger charge is -2.29. The molecular weight excluding hydrogens is 408 g/mol. The normalized spacial score (nSPS) is 19.7. The molecule has 0 radical (unpaired) electrons. The molecule has 1 aromatic carbocycles. The van der Waals surface area contributed by atoms with E-state index < -0.39 is 8.07 Å². The third kappa shape index (κ3) is 4.41. The molecule has 164 valence electrons. The van der Waals surface area contributed by atoms with E-state index in [1.165, 1.54) is 0 Å². The molecule has 1 aliphatic rings. The first-order chi connectivity index (χ1) is 14.8. The first-order valence-electron chi connectivity index (χ1n) is 10.6. The van der Waals surface area contributed by atoms with Crippen LogP contribution in [0.5, 0.6) is 5.75 Å². The number of rotatable bonds is 5. The summed E-state index contributed by atoms with van der Waals surface area (Å²) in [6.07, 6.45) is 7.43. The molecule has 8 nitrogen and oxygen atoms in total. The first kappa shape index (κ1) is 21.3. The number of nitrogens with one attached hydrogen (secondary N) is 1. The van der Waals surface area contributed by atoms with E-state index >= 15 is 0 Å². The van der Waals surface area contributed by atoms with Crippen LogP contribution in [-0.4, -0.2) is 52.2 Å². The van der Waals surface area contributed by atoms with Gasteiger partial charge in [-0.2, -0.15) is 0 Å². The number of benzene rings is 1. The molecule has 1 saturated heterocycles. The van der Waals surface area contributed by atoms with Crippen LogP contribution in [-0.2, 0) is 4.79 Å². The monoisotopic (exact) mass is 438 g/mol. The topological polar surface area (TPSA) is 86.9 Å². The average Bonchev–Trinajstić information content (AvgIpc) is 3.33. The minimum Gasteiger partial charge on any atom is -0.495 e. The molecule has 2 atom stereocenters. The van der Waals surface area contributed by atoms with Crippen LogP contribution in [0.4, 0.5) is 0 Å². The summed E-state index contributed by atoms with van der Waals surface area (Å²) in [4.78, 5) is 17.0. The molecular formula is C22H30N6O2Si. The largest absolute Gasteiger partial charge is 0.495 e. The fraction of sp³-hybridized carbons (Fsp3) is 0.455. The van der Waals surface area contributed by atoms with E-state index in [-0.39, 0.29) is 11.9 Å². The number of imidazole rings is 1. The zero-order valence-electron chi connectivity index (χ0n) is 18.8. The minimum absolute atomic E-state index is 0.0283. The van der Waals surface area contributed by atoms with E-state index in [9.17, 15) is 4.79 Å². The molecule has 1 amide bonds. The Labute approximate surface area is 183 Å². The quantitative estimate of drug-likeness (QED) is 0.615. The smallest absolute Gasteiger partial charge is 0.244 e. The van der Waals surface area contributed by atoms with Crippen LogP contribution in [0.1, 0.15) is 24.6 Å². The highest BCUT2D eigenvalue weighted by Gasteiger charge is 2.35. The fourth-order valence-corrected chi connectivity index (χ4v) is 6.10. The van der Waals surface area contributed by atoms with Crippen LogP contribution in [0.3, 0.4) is 0 Å². The van der Waals surface area contributed by atoms with Gasteiger partial charge in [-0.1, -0.05) is 30.9 Å². The molecule has 0 spiro atoms. The maximum absolute atomic E-state index is 12.7. The van der Waals surface area contributed by atoms with Crippen molar-refractivity contribution in [3.05, 3.63) is 42.6 Å². The number of amides is 1. The summed E-state index contributed by atoms with van der Waals surface area (Å²) >= 11 is 0. The molecule has 0 bridgehead atoms. The van der Waals surface area contributed by atoms with Crippen LogP contribution in [0.15, 0.2) is 36.9 Å².